The molecule has 0 saturated carbocycles. The van der Waals surface area contributed by atoms with Gasteiger partial charge in [0.05, 0.1) is 4.90 Å². The van der Waals surface area contributed by atoms with Crippen LogP contribution in [0, 0.1) is 0 Å². The minimum Gasteiger partial charge on any atom is -0.320 e. The number of alkyl halides is 2. The molecule has 0 heterocycles. The summed E-state index contributed by atoms with van der Waals surface area (Å²) < 4.78 is 67.7. The summed E-state index contributed by atoms with van der Waals surface area (Å²) in [4.78, 5) is 18.1. The molecule has 3 rings (SSSR count). The normalized spacial score (nSPS) is 13.1. The largest absolute Gasteiger partial charge is 0.399 e. The molecule has 37 heavy (non-hydrogen) atoms. The molecule has 3 aromatic carbocycles. The lowest BCUT2D eigenvalue weighted by Gasteiger charge is -2.21. The van der Waals surface area contributed by atoms with E-state index in [0.29, 0.717) is 22.6 Å². The first-order valence-corrected chi connectivity index (χ1v) is 16.1. The monoisotopic (exact) mass is 633 g/mol. The highest BCUT2D eigenvalue weighted by Gasteiger charge is 2.51. The average Bonchev–Trinajstić information content (AvgIpc) is 2.77. The zero-order valence-corrected chi connectivity index (χ0v) is 24.4. The van der Waals surface area contributed by atoms with E-state index in [1.165, 1.54) is 23.9 Å². The maximum absolute atomic E-state index is 14.0. The van der Waals surface area contributed by atoms with Gasteiger partial charge in [0.25, 0.3) is 0 Å². The molecule has 0 aliphatic rings. The number of thioether (sulfide) groups is 1. The van der Waals surface area contributed by atoms with E-state index in [4.69, 9.17) is 9.79 Å². The number of sulfonamides is 1. The standard InChI is InChI=1S/C25H27BrF2NO5PS2/c1-24(2,3)29-37(33,34)23-7-5-4-6-20(23)19-11-8-17(9-12-19)15-36-16-18-10-13-21(22(26)14-18)25(27,28)35(30,31)32/h4-14,29H,15-16H2,1-3H3,(H2,30,31,32). The van der Waals surface area contributed by atoms with Crippen molar-refractivity contribution in [3.05, 3.63) is 87.9 Å². The van der Waals surface area contributed by atoms with Gasteiger partial charge in [0.1, 0.15) is 0 Å². The topological polar surface area (TPSA) is 104 Å². The molecule has 200 valence electrons. The molecule has 0 amide bonds. The van der Waals surface area contributed by atoms with Crippen molar-refractivity contribution < 1.29 is 31.6 Å². The van der Waals surface area contributed by atoms with Crippen molar-refractivity contribution in [1.29, 1.82) is 0 Å². The van der Waals surface area contributed by atoms with Crippen molar-refractivity contribution in [2.75, 3.05) is 0 Å². The first kappa shape index (κ1) is 30.0. The van der Waals surface area contributed by atoms with Crippen molar-refractivity contribution in [3.8, 4) is 11.1 Å². The molecule has 3 N–H and O–H groups in total. The maximum Gasteiger partial charge on any atom is 0.399 e. The van der Waals surface area contributed by atoms with Crippen LogP contribution in [0.5, 0.6) is 0 Å². The lowest BCUT2D eigenvalue weighted by Crippen LogP contribution is -2.40. The van der Waals surface area contributed by atoms with E-state index in [1.807, 2.05) is 24.3 Å². The Balaban J connectivity index is 1.70. The second-order valence-corrected chi connectivity index (χ2v) is 14.6. The Morgan fingerprint density at radius 3 is 2.08 bits per heavy atom. The van der Waals surface area contributed by atoms with Crippen LogP contribution in [0.25, 0.3) is 11.1 Å². The first-order chi connectivity index (χ1) is 17.0. The number of rotatable bonds is 9. The van der Waals surface area contributed by atoms with Crippen molar-refractivity contribution in [3.63, 3.8) is 0 Å². The number of hydrogen-bond acceptors (Lipinski definition) is 4. The number of halogens is 3. The van der Waals surface area contributed by atoms with E-state index >= 15 is 0 Å². The Morgan fingerprint density at radius 2 is 1.51 bits per heavy atom. The van der Waals surface area contributed by atoms with Crippen molar-refractivity contribution >= 4 is 45.3 Å². The molecule has 0 spiro atoms. The lowest BCUT2D eigenvalue weighted by atomic mass is 10.0. The highest BCUT2D eigenvalue weighted by Crippen LogP contribution is 2.60. The summed E-state index contributed by atoms with van der Waals surface area (Å²) in [5.41, 5.74) is -2.60. The molecular formula is C25H27BrF2NO5PS2. The second-order valence-electron chi connectivity index (χ2n) is 9.44. The van der Waals surface area contributed by atoms with E-state index in [9.17, 15) is 21.8 Å². The summed E-state index contributed by atoms with van der Waals surface area (Å²) in [6.07, 6.45) is 0. The third kappa shape index (κ3) is 7.50. The van der Waals surface area contributed by atoms with Gasteiger partial charge in [-0.2, -0.15) is 20.5 Å². The van der Waals surface area contributed by atoms with Crippen LogP contribution in [-0.4, -0.2) is 23.7 Å². The van der Waals surface area contributed by atoms with Crippen LogP contribution in [0.4, 0.5) is 8.78 Å². The van der Waals surface area contributed by atoms with Crippen LogP contribution >= 0.6 is 35.3 Å². The quantitative estimate of drug-likeness (QED) is 0.223. The smallest absolute Gasteiger partial charge is 0.320 e. The summed E-state index contributed by atoms with van der Waals surface area (Å²) in [5.74, 6) is 1.10. The summed E-state index contributed by atoms with van der Waals surface area (Å²) in [6, 6.07) is 18.2. The maximum atomic E-state index is 14.0. The fourth-order valence-corrected chi connectivity index (χ4v) is 7.45. The van der Waals surface area contributed by atoms with Crippen LogP contribution in [0.2, 0.25) is 0 Å². The highest BCUT2D eigenvalue weighted by molar-refractivity contribution is 9.10. The van der Waals surface area contributed by atoms with E-state index in [0.717, 1.165) is 17.2 Å². The molecule has 0 bridgehead atoms. The molecular weight excluding hydrogens is 607 g/mol. The van der Waals surface area contributed by atoms with Gasteiger partial charge in [-0.1, -0.05) is 70.5 Å². The Kier molecular flexibility index (Phi) is 9.12. The Hall–Kier alpha value is -1.59. The van der Waals surface area contributed by atoms with Gasteiger partial charge in [0.15, 0.2) is 0 Å². The van der Waals surface area contributed by atoms with Crippen LogP contribution < -0.4 is 4.72 Å². The minimum absolute atomic E-state index is 0.0714. The molecule has 12 heteroatoms. The molecule has 0 saturated heterocycles. The molecule has 0 aliphatic heterocycles. The van der Waals surface area contributed by atoms with Crippen LogP contribution in [-0.2, 0) is 31.8 Å². The van der Waals surface area contributed by atoms with Crippen molar-refractivity contribution in [2.45, 2.75) is 48.4 Å². The SMILES string of the molecule is CC(C)(C)NS(=O)(=O)c1ccccc1-c1ccc(CSCc2ccc(C(F)(F)P(=O)(O)O)c(Br)c2)cc1. The Bertz CT molecular complexity index is 1420. The Morgan fingerprint density at radius 1 is 0.946 bits per heavy atom. The number of hydrogen-bond donors (Lipinski definition) is 3. The van der Waals surface area contributed by atoms with Crippen molar-refractivity contribution in [1.82, 2.24) is 4.72 Å². The fraction of sp³-hybridized carbons (Fsp3) is 0.280. The van der Waals surface area contributed by atoms with E-state index in [1.54, 1.807) is 45.0 Å². The molecule has 0 fully saturated rings. The summed E-state index contributed by atoms with van der Waals surface area (Å²) in [6.45, 7) is 5.35. The molecule has 3 aromatic rings. The van der Waals surface area contributed by atoms with Crippen LogP contribution in [0.15, 0.2) is 76.1 Å². The number of nitrogens with one attached hydrogen (secondary N) is 1. The van der Waals surface area contributed by atoms with Gasteiger partial charge in [-0.3, -0.25) is 4.57 Å². The third-order valence-electron chi connectivity index (χ3n) is 5.14. The van der Waals surface area contributed by atoms with E-state index < -0.39 is 34.4 Å². The lowest BCUT2D eigenvalue weighted by molar-refractivity contribution is 0.0557. The molecule has 0 radical (unpaired) electrons. The predicted octanol–water partition coefficient (Wildman–Crippen LogP) is 6.85. The van der Waals surface area contributed by atoms with Gasteiger partial charge in [-0.05, 0) is 49.6 Å². The second kappa shape index (κ2) is 11.3. The summed E-state index contributed by atoms with van der Waals surface area (Å²) >= 11 is 4.53. The highest BCUT2D eigenvalue weighted by atomic mass is 79.9. The van der Waals surface area contributed by atoms with Gasteiger partial charge < -0.3 is 9.79 Å². The summed E-state index contributed by atoms with van der Waals surface area (Å²) in [7, 11) is -9.37. The van der Waals surface area contributed by atoms with Crippen LogP contribution in [0.3, 0.4) is 0 Å². The molecule has 6 nitrogen and oxygen atoms in total. The minimum atomic E-state index is -5.65. The summed E-state index contributed by atoms with van der Waals surface area (Å²) in [5, 5.41) is 0. The first-order valence-electron chi connectivity index (χ1n) is 11.0. The van der Waals surface area contributed by atoms with Gasteiger partial charge in [-0.15, -0.1) is 0 Å². The molecule has 0 aromatic heterocycles. The van der Waals surface area contributed by atoms with Gasteiger partial charge in [0.2, 0.25) is 10.0 Å². The molecule has 0 unspecified atom stereocenters. The Labute approximate surface area is 228 Å². The van der Waals surface area contributed by atoms with E-state index in [2.05, 4.69) is 20.7 Å². The molecule has 0 aliphatic carbocycles. The zero-order valence-electron chi connectivity index (χ0n) is 20.3. The number of benzene rings is 3. The van der Waals surface area contributed by atoms with Gasteiger partial charge >= 0.3 is 13.3 Å². The van der Waals surface area contributed by atoms with E-state index in [-0.39, 0.29) is 9.37 Å². The predicted molar refractivity (Wildman–Crippen MR) is 147 cm³/mol. The average molecular weight is 635 g/mol. The van der Waals surface area contributed by atoms with Crippen molar-refractivity contribution in [2.24, 2.45) is 0 Å². The van der Waals surface area contributed by atoms with Gasteiger partial charge in [0, 0.05) is 32.6 Å². The van der Waals surface area contributed by atoms with Gasteiger partial charge in [-0.25, -0.2) is 13.1 Å². The van der Waals surface area contributed by atoms with Crippen LogP contribution in [0.1, 0.15) is 37.5 Å². The molecule has 0 atom stereocenters. The fourth-order valence-electron chi connectivity index (χ4n) is 3.51. The third-order valence-corrected chi connectivity index (χ3v) is 9.66. The zero-order chi connectivity index (χ0) is 27.6.